The summed E-state index contributed by atoms with van der Waals surface area (Å²) in [6.07, 6.45) is 1.01. The van der Waals surface area contributed by atoms with Gasteiger partial charge in [-0.1, -0.05) is 18.2 Å². The molecule has 5 heteroatoms. The van der Waals surface area contributed by atoms with Crippen LogP contribution < -0.4 is 14.8 Å². The largest absolute Gasteiger partial charge is 0.497 e. The van der Waals surface area contributed by atoms with E-state index in [-0.39, 0.29) is 0 Å². The predicted molar refractivity (Wildman–Crippen MR) is 106 cm³/mol. The van der Waals surface area contributed by atoms with Crippen LogP contribution in [0.5, 0.6) is 11.5 Å². The quantitative estimate of drug-likeness (QED) is 0.741. The molecule has 0 radical (unpaired) electrons. The van der Waals surface area contributed by atoms with E-state index in [1.54, 1.807) is 25.6 Å². The molecule has 1 aliphatic heterocycles. The molecular formula is C21H22N2O2S. The zero-order valence-electron chi connectivity index (χ0n) is 15.3. The molecule has 0 bridgehead atoms. The molecule has 0 unspecified atom stereocenters. The van der Waals surface area contributed by atoms with Gasteiger partial charge in [0.15, 0.2) is 0 Å². The third-order valence-electron chi connectivity index (χ3n) is 4.83. The van der Waals surface area contributed by atoms with Crippen molar-refractivity contribution in [2.45, 2.75) is 19.9 Å². The number of methoxy groups -OCH3 is 2. The molecule has 2 aromatic carbocycles. The molecule has 3 aromatic rings. The zero-order valence-corrected chi connectivity index (χ0v) is 16.1. The summed E-state index contributed by atoms with van der Waals surface area (Å²) in [6.45, 7) is 4.10. The van der Waals surface area contributed by atoms with Crippen LogP contribution in [0.4, 0.5) is 0 Å². The highest BCUT2D eigenvalue weighted by Gasteiger charge is 2.18. The van der Waals surface area contributed by atoms with Gasteiger partial charge in [-0.2, -0.15) is 0 Å². The fourth-order valence-corrected chi connectivity index (χ4v) is 4.54. The number of aromatic nitrogens is 1. The van der Waals surface area contributed by atoms with Gasteiger partial charge in [-0.25, -0.2) is 4.98 Å². The van der Waals surface area contributed by atoms with Crippen LogP contribution in [0.3, 0.4) is 0 Å². The van der Waals surface area contributed by atoms with E-state index >= 15 is 0 Å². The molecule has 4 rings (SSSR count). The van der Waals surface area contributed by atoms with Crippen LogP contribution in [0.25, 0.3) is 21.7 Å². The topological polar surface area (TPSA) is 43.4 Å². The first-order valence-corrected chi connectivity index (χ1v) is 9.54. The Morgan fingerprint density at radius 1 is 1.04 bits per heavy atom. The molecule has 1 N–H and O–H groups in total. The number of rotatable bonds is 4. The molecular weight excluding hydrogens is 344 g/mol. The van der Waals surface area contributed by atoms with E-state index in [4.69, 9.17) is 14.5 Å². The summed E-state index contributed by atoms with van der Waals surface area (Å²) in [5, 5.41) is 4.53. The van der Waals surface area contributed by atoms with Crippen molar-refractivity contribution in [2.75, 3.05) is 20.8 Å². The molecule has 0 amide bonds. The van der Waals surface area contributed by atoms with E-state index in [0.717, 1.165) is 41.6 Å². The summed E-state index contributed by atoms with van der Waals surface area (Å²) < 4.78 is 10.9. The average Bonchev–Trinajstić information content (AvgIpc) is 3.11. The number of hydrogen-bond acceptors (Lipinski definition) is 5. The van der Waals surface area contributed by atoms with Gasteiger partial charge >= 0.3 is 0 Å². The van der Waals surface area contributed by atoms with E-state index < -0.39 is 0 Å². The lowest BCUT2D eigenvalue weighted by Crippen LogP contribution is -2.22. The van der Waals surface area contributed by atoms with Crippen molar-refractivity contribution in [2.24, 2.45) is 0 Å². The molecule has 0 aliphatic carbocycles. The molecule has 0 saturated carbocycles. The van der Waals surface area contributed by atoms with E-state index in [0.29, 0.717) is 0 Å². The van der Waals surface area contributed by atoms with Crippen LogP contribution in [0.2, 0.25) is 0 Å². The summed E-state index contributed by atoms with van der Waals surface area (Å²) in [4.78, 5) is 6.27. The van der Waals surface area contributed by atoms with Gasteiger partial charge in [-0.05, 0) is 35.7 Å². The number of thiazole rings is 1. The Morgan fingerprint density at radius 2 is 1.77 bits per heavy atom. The fourth-order valence-electron chi connectivity index (χ4n) is 3.38. The minimum atomic E-state index is 0.792. The lowest BCUT2D eigenvalue weighted by molar-refractivity contribution is 0.394. The van der Waals surface area contributed by atoms with Gasteiger partial charge in [-0.3, -0.25) is 0 Å². The molecule has 0 fully saturated rings. The third-order valence-corrected chi connectivity index (χ3v) is 5.96. The second-order valence-corrected chi connectivity index (χ2v) is 7.48. The van der Waals surface area contributed by atoms with Crippen molar-refractivity contribution in [1.29, 1.82) is 0 Å². The van der Waals surface area contributed by atoms with Crippen LogP contribution in [0.15, 0.2) is 36.4 Å². The van der Waals surface area contributed by atoms with Gasteiger partial charge in [0.2, 0.25) is 0 Å². The minimum absolute atomic E-state index is 0.792. The Bertz CT molecular complexity index is 903. The second-order valence-electron chi connectivity index (χ2n) is 6.40. The first-order valence-electron chi connectivity index (χ1n) is 8.72. The van der Waals surface area contributed by atoms with E-state index in [9.17, 15) is 0 Å². The maximum Gasteiger partial charge on any atom is 0.124 e. The summed E-state index contributed by atoms with van der Waals surface area (Å²) >= 11 is 1.80. The van der Waals surface area contributed by atoms with Crippen LogP contribution >= 0.6 is 11.3 Å². The van der Waals surface area contributed by atoms with Gasteiger partial charge in [0.05, 0.1) is 19.9 Å². The average molecular weight is 366 g/mol. The number of fused-ring (bicyclic) bond motifs is 1. The van der Waals surface area contributed by atoms with Gasteiger partial charge in [0, 0.05) is 36.0 Å². The van der Waals surface area contributed by atoms with Gasteiger partial charge < -0.3 is 14.8 Å². The Morgan fingerprint density at radius 3 is 2.46 bits per heavy atom. The van der Waals surface area contributed by atoms with Crippen LogP contribution in [-0.2, 0) is 13.0 Å². The molecule has 26 heavy (non-hydrogen) atoms. The first-order chi connectivity index (χ1) is 12.7. The van der Waals surface area contributed by atoms with Crippen molar-refractivity contribution >= 4 is 11.3 Å². The van der Waals surface area contributed by atoms with Crippen molar-refractivity contribution in [1.82, 2.24) is 10.3 Å². The highest BCUT2D eigenvalue weighted by Crippen LogP contribution is 2.37. The Labute approximate surface area is 157 Å². The maximum atomic E-state index is 5.43. The molecule has 1 aromatic heterocycles. The molecule has 134 valence electrons. The SMILES string of the molecule is COc1cc(OC)cc(-c2cccc(-c3nc4c(s3)CNCC4)c2C)c1. The van der Waals surface area contributed by atoms with Crippen LogP contribution in [0.1, 0.15) is 16.1 Å². The Balaban J connectivity index is 1.80. The molecule has 4 nitrogen and oxygen atoms in total. The first kappa shape index (κ1) is 17.1. The van der Waals surface area contributed by atoms with E-state index in [1.165, 1.54) is 27.3 Å². The van der Waals surface area contributed by atoms with Gasteiger partial charge in [0.25, 0.3) is 0 Å². The number of ether oxygens (including phenoxy) is 2. The standard InChI is InChI=1S/C21H22N2O2S/c1-13-17(14-9-15(24-2)11-16(10-14)25-3)5-4-6-18(13)21-23-19-7-8-22-12-20(19)26-21/h4-6,9-11,22H,7-8,12H2,1-3H3. The Hall–Kier alpha value is -2.37. The van der Waals surface area contributed by atoms with E-state index in [2.05, 4.69) is 30.4 Å². The van der Waals surface area contributed by atoms with Crippen LogP contribution in [0, 0.1) is 6.92 Å². The Kier molecular flexibility index (Phi) is 4.66. The molecule has 1 aliphatic rings. The fraction of sp³-hybridized carbons (Fsp3) is 0.286. The van der Waals surface area contributed by atoms with Crippen LogP contribution in [-0.4, -0.2) is 25.7 Å². The van der Waals surface area contributed by atoms with Crippen molar-refractivity contribution in [3.05, 3.63) is 52.5 Å². The van der Waals surface area contributed by atoms with Crippen molar-refractivity contribution < 1.29 is 9.47 Å². The molecule has 0 saturated heterocycles. The summed E-state index contributed by atoms with van der Waals surface area (Å²) in [5.74, 6) is 1.58. The number of nitrogens with one attached hydrogen (secondary N) is 1. The predicted octanol–water partition coefficient (Wildman–Crippen LogP) is 4.45. The minimum Gasteiger partial charge on any atom is -0.497 e. The second kappa shape index (κ2) is 7.09. The third kappa shape index (κ3) is 3.08. The molecule has 0 spiro atoms. The van der Waals surface area contributed by atoms with Crippen molar-refractivity contribution in [3.63, 3.8) is 0 Å². The number of hydrogen-bond donors (Lipinski definition) is 1. The number of nitrogens with zero attached hydrogens (tertiary/aromatic N) is 1. The maximum absolute atomic E-state index is 5.43. The molecule has 0 atom stereocenters. The van der Waals surface area contributed by atoms with Gasteiger partial charge in [0.1, 0.15) is 16.5 Å². The summed E-state index contributed by atoms with van der Waals surface area (Å²) in [7, 11) is 3.35. The highest BCUT2D eigenvalue weighted by atomic mass is 32.1. The van der Waals surface area contributed by atoms with E-state index in [1.807, 2.05) is 18.2 Å². The lowest BCUT2D eigenvalue weighted by atomic mass is 9.96. The lowest BCUT2D eigenvalue weighted by Gasteiger charge is -2.13. The monoisotopic (exact) mass is 366 g/mol. The van der Waals surface area contributed by atoms with Gasteiger partial charge in [-0.15, -0.1) is 11.3 Å². The zero-order chi connectivity index (χ0) is 18.1. The summed E-state index contributed by atoms with van der Waals surface area (Å²) in [5.41, 5.74) is 5.93. The van der Waals surface area contributed by atoms with Crippen molar-refractivity contribution in [3.8, 4) is 33.2 Å². The smallest absolute Gasteiger partial charge is 0.124 e. The number of benzene rings is 2. The normalized spacial score (nSPS) is 13.3. The summed E-state index contributed by atoms with van der Waals surface area (Å²) in [6, 6.07) is 12.4. The molecule has 2 heterocycles. The highest BCUT2D eigenvalue weighted by molar-refractivity contribution is 7.15.